The van der Waals surface area contributed by atoms with Crippen molar-refractivity contribution in [3.05, 3.63) is 23.9 Å². The van der Waals surface area contributed by atoms with E-state index in [4.69, 9.17) is 5.73 Å². The lowest BCUT2D eigenvalue weighted by molar-refractivity contribution is 0.0318. The monoisotopic (exact) mass is 350 g/mol. The summed E-state index contributed by atoms with van der Waals surface area (Å²) in [5.41, 5.74) is 6.15. The minimum absolute atomic E-state index is 0.0607. The summed E-state index contributed by atoms with van der Waals surface area (Å²) in [5, 5.41) is 0. The predicted molar refractivity (Wildman–Crippen MR) is 90.2 cm³/mol. The van der Waals surface area contributed by atoms with Crippen LogP contribution in [-0.2, 0) is 9.84 Å². The molecule has 0 bridgehead atoms. The van der Waals surface area contributed by atoms with E-state index in [0.29, 0.717) is 23.8 Å². The second-order valence-corrected chi connectivity index (χ2v) is 9.27. The highest BCUT2D eigenvalue weighted by Gasteiger charge is 2.48. The first-order valence-corrected chi connectivity index (χ1v) is 10.2. The van der Waals surface area contributed by atoms with Crippen LogP contribution in [0.3, 0.4) is 0 Å². The van der Waals surface area contributed by atoms with Gasteiger partial charge in [-0.15, -0.1) is 0 Å². The molecule has 1 amide bonds. The van der Waals surface area contributed by atoms with Crippen LogP contribution in [0.1, 0.15) is 23.2 Å². The van der Waals surface area contributed by atoms with Gasteiger partial charge in [-0.2, -0.15) is 0 Å². The van der Waals surface area contributed by atoms with Crippen LogP contribution in [0.2, 0.25) is 0 Å². The number of nitrogen functional groups attached to an aromatic ring is 1. The zero-order valence-corrected chi connectivity index (χ0v) is 14.3. The number of anilines is 1. The van der Waals surface area contributed by atoms with Crippen molar-refractivity contribution in [3.63, 3.8) is 0 Å². The van der Waals surface area contributed by atoms with Crippen LogP contribution in [0, 0.1) is 5.92 Å². The van der Waals surface area contributed by atoms with Crippen molar-refractivity contribution >= 4 is 21.6 Å². The molecule has 7 nitrogen and oxygen atoms in total. The van der Waals surface area contributed by atoms with E-state index in [-0.39, 0.29) is 29.5 Å². The van der Waals surface area contributed by atoms with Gasteiger partial charge in [0, 0.05) is 37.4 Å². The number of sulfone groups is 1. The van der Waals surface area contributed by atoms with Gasteiger partial charge in [0.05, 0.1) is 17.5 Å². The first kappa shape index (κ1) is 15.8. The number of hydrogen-bond acceptors (Lipinski definition) is 6. The molecule has 3 heterocycles. The number of amides is 1. The lowest BCUT2D eigenvalue weighted by atomic mass is 10.0. The largest absolute Gasteiger partial charge is 0.384 e. The molecule has 3 aliphatic rings. The quantitative estimate of drug-likeness (QED) is 0.824. The van der Waals surface area contributed by atoms with Gasteiger partial charge in [0.2, 0.25) is 0 Å². The molecule has 1 aromatic heterocycles. The van der Waals surface area contributed by atoms with Gasteiger partial charge >= 0.3 is 0 Å². The fourth-order valence-electron chi connectivity index (χ4n) is 3.88. The van der Waals surface area contributed by atoms with E-state index in [2.05, 4.69) is 9.88 Å². The van der Waals surface area contributed by atoms with Crippen molar-refractivity contribution < 1.29 is 13.2 Å². The number of nitrogens with zero attached hydrogens (tertiary/aromatic N) is 3. The molecule has 0 unspecified atom stereocenters. The van der Waals surface area contributed by atoms with Gasteiger partial charge in [-0.25, -0.2) is 13.4 Å². The number of piperazine rings is 1. The van der Waals surface area contributed by atoms with Crippen molar-refractivity contribution in [1.29, 1.82) is 0 Å². The Morgan fingerprint density at radius 1 is 1.25 bits per heavy atom. The molecule has 2 N–H and O–H groups in total. The Hall–Kier alpha value is -1.67. The summed E-state index contributed by atoms with van der Waals surface area (Å²) < 4.78 is 24.4. The number of aromatic nitrogens is 1. The van der Waals surface area contributed by atoms with Crippen LogP contribution >= 0.6 is 0 Å². The first-order chi connectivity index (χ1) is 11.4. The Labute approximate surface area is 141 Å². The van der Waals surface area contributed by atoms with Gasteiger partial charge in [0.25, 0.3) is 5.91 Å². The van der Waals surface area contributed by atoms with E-state index < -0.39 is 9.84 Å². The zero-order chi connectivity index (χ0) is 16.9. The maximum absolute atomic E-state index is 12.9. The highest BCUT2D eigenvalue weighted by atomic mass is 32.2. The smallest absolute Gasteiger partial charge is 0.254 e. The number of carbonyl (C=O) groups is 1. The topological polar surface area (TPSA) is 96.6 Å². The third-order valence-corrected chi connectivity index (χ3v) is 6.97. The number of carbonyl (C=O) groups excluding carboxylic acids is 1. The zero-order valence-electron chi connectivity index (χ0n) is 13.5. The highest BCUT2D eigenvalue weighted by Crippen LogP contribution is 2.34. The molecule has 2 atom stereocenters. The number of rotatable bonds is 3. The van der Waals surface area contributed by atoms with Gasteiger partial charge in [-0.05, 0) is 30.9 Å². The van der Waals surface area contributed by atoms with Gasteiger partial charge in [0.15, 0.2) is 9.84 Å². The fourth-order valence-corrected chi connectivity index (χ4v) is 5.89. The molecule has 0 spiro atoms. The van der Waals surface area contributed by atoms with Crippen molar-refractivity contribution in [2.24, 2.45) is 5.92 Å². The molecule has 3 fully saturated rings. The van der Waals surface area contributed by atoms with Gasteiger partial charge < -0.3 is 10.6 Å². The van der Waals surface area contributed by atoms with Crippen LogP contribution in [0.4, 0.5) is 5.82 Å². The molecular weight excluding hydrogens is 328 g/mol. The Balaban J connectivity index is 1.59. The second kappa shape index (κ2) is 5.70. The summed E-state index contributed by atoms with van der Waals surface area (Å²) in [5.74, 6) is 1.07. The van der Waals surface area contributed by atoms with E-state index >= 15 is 0 Å². The standard InChI is InChI=1S/C16H22N4O3S/c17-15-7-12(3-4-18-15)16(21)20-6-5-19(8-11-1-2-11)13-9-24(22,23)10-14(13)20/h3-4,7,11,13-14H,1-2,5-6,8-10H2,(H2,17,18)/t13-,14+/m1/s1. The van der Waals surface area contributed by atoms with Crippen LogP contribution in [0.5, 0.6) is 0 Å². The number of hydrogen-bond donors (Lipinski definition) is 1. The average Bonchev–Trinajstić information content (AvgIpc) is 3.27. The fraction of sp³-hybridized carbons (Fsp3) is 0.625. The molecule has 0 aromatic carbocycles. The Kier molecular flexibility index (Phi) is 3.76. The minimum atomic E-state index is -3.11. The normalized spacial score (nSPS) is 29.4. The predicted octanol–water partition coefficient (Wildman–Crippen LogP) is -0.00280. The summed E-state index contributed by atoms with van der Waals surface area (Å²) in [6, 6.07) is 2.85. The average molecular weight is 350 g/mol. The van der Waals surface area contributed by atoms with Crippen LogP contribution in [0.15, 0.2) is 18.3 Å². The van der Waals surface area contributed by atoms with Crippen molar-refractivity contribution in [1.82, 2.24) is 14.8 Å². The lowest BCUT2D eigenvalue weighted by Gasteiger charge is -2.44. The van der Waals surface area contributed by atoms with E-state index in [1.165, 1.54) is 19.0 Å². The first-order valence-electron chi connectivity index (χ1n) is 8.40. The Morgan fingerprint density at radius 3 is 2.71 bits per heavy atom. The van der Waals surface area contributed by atoms with E-state index in [0.717, 1.165) is 13.1 Å². The molecule has 8 heteroatoms. The van der Waals surface area contributed by atoms with Crippen molar-refractivity contribution in [3.8, 4) is 0 Å². The molecular formula is C16H22N4O3S. The Bertz CT molecular complexity index is 762. The third-order valence-electron chi connectivity index (χ3n) is 5.27. The third kappa shape index (κ3) is 3.00. The van der Waals surface area contributed by atoms with Crippen LogP contribution in [0.25, 0.3) is 0 Å². The number of fused-ring (bicyclic) bond motifs is 1. The van der Waals surface area contributed by atoms with Gasteiger partial charge in [-0.3, -0.25) is 9.69 Å². The summed E-state index contributed by atoms with van der Waals surface area (Å²) in [6.07, 6.45) is 3.98. The SMILES string of the molecule is Nc1cc(C(=O)N2CCN(CC3CC3)[C@@H]3CS(=O)(=O)C[C@@H]32)ccn1. The molecule has 1 aliphatic carbocycles. The lowest BCUT2D eigenvalue weighted by Crippen LogP contribution is -2.60. The van der Waals surface area contributed by atoms with E-state index in [1.54, 1.807) is 17.0 Å². The maximum atomic E-state index is 12.9. The highest BCUT2D eigenvalue weighted by molar-refractivity contribution is 7.91. The van der Waals surface area contributed by atoms with E-state index in [1.807, 2.05) is 0 Å². The van der Waals surface area contributed by atoms with Gasteiger partial charge in [-0.1, -0.05) is 0 Å². The molecule has 1 saturated carbocycles. The second-order valence-electron chi connectivity index (χ2n) is 7.12. The van der Waals surface area contributed by atoms with E-state index in [9.17, 15) is 13.2 Å². The molecule has 24 heavy (non-hydrogen) atoms. The summed E-state index contributed by atoms with van der Waals surface area (Å²) in [6.45, 7) is 2.25. The molecule has 4 rings (SSSR count). The molecule has 130 valence electrons. The minimum Gasteiger partial charge on any atom is -0.384 e. The number of nitrogens with two attached hydrogens (primary N) is 1. The van der Waals surface area contributed by atoms with Crippen molar-refractivity contribution in [2.45, 2.75) is 24.9 Å². The molecule has 1 aromatic rings. The molecule has 0 radical (unpaired) electrons. The van der Waals surface area contributed by atoms with Gasteiger partial charge in [0.1, 0.15) is 5.82 Å². The summed E-state index contributed by atoms with van der Waals surface area (Å²) in [4.78, 5) is 20.8. The summed E-state index contributed by atoms with van der Waals surface area (Å²) >= 11 is 0. The molecule has 2 aliphatic heterocycles. The maximum Gasteiger partial charge on any atom is 0.254 e. The van der Waals surface area contributed by atoms with Crippen LogP contribution < -0.4 is 5.73 Å². The van der Waals surface area contributed by atoms with Crippen molar-refractivity contribution in [2.75, 3.05) is 36.9 Å². The Morgan fingerprint density at radius 2 is 2.00 bits per heavy atom. The number of pyridine rings is 1. The molecule has 2 saturated heterocycles. The van der Waals surface area contributed by atoms with Crippen LogP contribution in [-0.4, -0.2) is 72.3 Å². The summed E-state index contributed by atoms with van der Waals surface area (Å²) in [7, 11) is -3.11.